The van der Waals surface area contributed by atoms with Crippen molar-refractivity contribution in [3.05, 3.63) is 63.4 Å². The summed E-state index contributed by atoms with van der Waals surface area (Å²) in [4.78, 5) is 51.6. The number of esters is 2. The average molecular weight is 641 g/mol. The monoisotopic (exact) mass is 640 g/mol. The van der Waals surface area contributed by atoms with Crippen molar-refractivity contribution in [3.8, 4) is 5.75 Å². The molecule has 2 aromatic rings. The van der Waals surface area contributed by atoms with Crippen LogP contribution in [0.5, 0.6) is 5.75 Å². The van der Waals surface area contributed by atoms with Crippen LogP contribution >= 0.6 is 19.3 Å². The number of carbonyl (C=O) groups is 2. The topological polar surface area (TPSA) is 190 Å². The number of ether oxygens (including phenoxy) is 3. The van der Waals surface area contributed by atoms with Crippen LogP contribution in [0.2, 0.25) is 0 Å². The van der Waals surface area contributed by atoms with Gasteiger partial charge in [-0.2, -0.15) is 5.09 Å². The van der Waals surface area contributed by atoms with Gasteiger partial charge in [-0.15, -0.1) is 11.6 Å². The minimum Gasteiger partial charge on any atom is -0.462 e. The molecule has 7 atom stereocenters. The number of aromatic amines is 1. The number of hydrogen-bond acceptors (Lipinski definition) is 11. The molecule has 1 saturated heterocycles. The van der Waals surface area contributed by atoms with Gasteiger partial charge in [0.1, 0.15) is 37.9 Å². The van der Waals surface area contributed by atoms with Crippen LogP contribution in [0.25, 0.3) is 0 Å². The molecule has 1 aromatic heterocycles. The molecule has 14 nitrogen and oxygen atoms in total. The Hall–Kier alpha value is -2.94. The molecule has 4 N–H and O–H groups in total. The highest BCUT2D eigenvalue weighted by molar-refractivity contribution is 7.52. The van der Waals surface area contributed by atoms with Crippen molar-refractivity contribution in [1.82, 2.24) is 14.6 Å². The first-order valence-corrected chi connectivity index (χ1v) is 15.3. The number of para-hydroxylation sites is 1. The molecule has 17 heteroatoms. The van der Waals surface area contributed by atoms with E-state index in [0.717, 1.165) is 16.8 Å². The van der Waals surface area contributed by atoms with Crippen LogP contribution in [-0.4, -0.2) is 71.1 Å². The van der Waals surface area contributed by atoms with Crippen LogP contribution in [0.15, 0.2) is 52.2 Å². The van der Waals surface area contributed by atoms with Gasteiger partial charge in [-0.05, 0) is 38.8 Å². The molecular weight excluding hydrogens is 606 g/mol. The third-order valence-corrected chi connectivity index (χ3v) is 8.27. The van der Waals surface area contributed by atoms with E-state index in [4.69, 9.17) is 48.4 Å². The fourth-order valence-electron chi connectivity index (χ4n) is 3.93. The molecule has 0 amide bonds. The van der Waals surface area contributed by atoms with Crippen molar-refractivity contribution in [1.29, 1.82) is 0 Å². The maximum absolute atomic E-state index is 14.0. The zero-order valence-corrected chi connectivity index (χ0v) is 25.9. The first-order valence-electron chi connectivity index (χ1n) is 13.4. The molecule has 1 unspecified atom stereocenters. The lowest BCUT2D eigenvalue weighted by atomic mass is 9.79. The average Bonchev–Trinajstić information content (AvgIpc) is 3.16. The Balaban J connectivity index is 1.94. The lowest BCUT2D eigenvalue weighted by Crippen LogP contribution is -2.50. The Kier molecular flexibility index (Phi) is 11.4. The van der Waals surface area contributed by atoms with Crippen LogP contribution in [0, 0.1) is 5.92 Å². The first kappa shape index (κ1) is 34.6. The SMILES string of the molecule is [B][C@]1(Cl)[C@H](OC(=O)[C@@H](N)C(C)C)[C@@H](COP(=O)(N[C@@H](C)C(=O)OC(C)C)Oc2ccccc2)O[C@H]1n1ccc(=O)[nH]c1=O. The summed E-state index contributed by atoms with van der Waals surface area (Å²) in [5.74, 6) is -1.77. The van der Waals surface area contributed by atoms with E-state index >= 15 is 0 Å². The lowest BCUT2D eigenvalue weighted by molar-refractivity contribution is -0.156. The molecule has 2 radical (unpaired) electrons. The van der Waals surface area contributed by atoms with Crippen molar-refractivity contribution in [2.45, 2.75) is 76.0 Å². The normalized spacial score (nSPS) is 24.7. The molecule has 1 aliphatic heterocycles. The maximum Gasteiger partial charge on any atom is 0.459 e. The van der Waals surface area contributed by atoms with E-state index in [-0.39, 0.29) is 11.7 Å². The fraction of sp³-hybridized carbons (Fsp3) is 0.538. The van der Waals surface area contributed by atoms with Crippen molar-refractivity contribution in [3.63, 3.8) is 0 Å². The number of nitrogens with one attached hydrogen (secondary N) is 2. The van der Waals surface area contributed by atoms with Crippen molar-refractivity contribution >= 4 is 39.1 Å². The standard InChI is InChI=1S/C26H35BClN4O10P/c1-14(2)20(29)23(35)41-21-18(40-24(26(21,27)28)32-12-11-19(33)30-25(32)36)13-38-43(37,42-17-9-7-6-8-10-17)31-16(5)22(34)39-15(3)4/h6-12,14-16,18,20-21,24H,13,29H2,1-5H3,(H,31,37)(H,30,33,36)/t16-,18+,20-,21+,24+,26-,43?/m0/s1. The number of H-pyrrole nitrogens is 1. The minimum atomic E-state index is -4.39. The minimum absolute atomic E-state index is 0.143. The highest BCUT2D eigenvalue weighted by Crippen LogP contribution is 2.48. The van der Waals surface area contributed by atoms with Crippen LogP contribution in [0.4, 0.5) is 0 Å². The summed E-state index contributed by atoms with van der Waals surface area (Å²) in [6, 6.07) is 6.84. The zero-order valence-electron chi connectivity index (χ0n) is 24.3. The summed E-state index contributed by atoms with van der Waals surface area (Å²) in [6.45, 7) is 7.48. The van der Waals surface area contributed by atoms with E-state index in [1.807, 2.05) is 0 Å². The van der Waals surface area contributed by atoms with E-state index in [0.29, 0.717) is 0 Å². The summed E-state index contributed by atoms with van der Waals surface area (Å²) in [7, 11) is 2.00. The molecule has 1 aliphatic rings. The van der Waals surface area contributed by atoms with E-state index in [1.54, 1.807) is 45.9 Å². The molecule has 3 rings (SSSR count). The van der Waals surface area contributed by atoms with Crippen LogP contribution < -0.4 is 26.6 Å². The summed E-state index contributed by atoms with van der Waals surface area (Å²) >= 11 is 6.67. The van der Waals surface area contributed by atoms with Crippen LogP contribution in [0.1, 0.15) is 40.8 Å². The Labute approximate surface area is 254 Å². The molecule has 0 aliphatic carbocycles. The van der Waals surface area contributed by atoms with Crippen molar-refractivity contribution in [2.75, 3.05) is 6.61 Å². The summed E-state index contributed by atoms with van der Waals surface area (Å²) < 4.78 is 40.8. The smallest absolute Gasteiger partial charge is 0.459 e. The number of aromatic nitrogens is 2. The number of carbonyl (C=O) groups excluding carboxylic acids is 2. The molecule has 43 heavy (non-hydrogen) atoms. The van der Waals surface area contributed by atoms with Crippen molar-refractivity contribution in [2.24, 2.45) is 11.7 Å². The molecular formula is C26H35BClN4O10P. The highest BCUT2D eigenvalue weighted by atomic mass is 35.5. The second-order valence-corrected chi connectivity index (χ2v) is 12.9. The number of rotatable bonds is 13. The molecule has 0 spiro atoms. The molecule has 0 bridgehead atoms. The lowest BCUT2D eigenvalue weighted by Gasteiger charge is -2.31. The highest BCUT2D eigenvalue weighted by Gasteiger charge is 2.56. The number of hydrogen-bond donors (Lipinski definition) is 3. The number of nitrogens with two attached hydrogens (primary N) is 1. The number of nitrogens with zero attached hydrogens (tertiary/aromatic N) is 1. The number of alkyl halides is 1. The van der Waals surface area contributed by atoms with Gasteiger partial charge in [0.05, 0.1) is 17.5 Å². The van der Waals surface area contributed by atoms with Gasteiger partial charge in [-0.3, -0.25) is 28.5 Å². The molecule has 234 valence electrons. The number of halogens is 1. The third kappa shape index (κ3) is 8.81. The number of benzene rings is 1. The van der Waals surface area contributed by atoms with Gasteiger partial charge < -0.3 is 24.5 Å². The van der Waals surface area contributed by atoms with Gasteiger partial charge in [0, 0.05) is 12.3 Å². The van der Waals surface area contributed by atoms with Gasteiger partial charge in [-0.1, -0.05) is 32.0 Å². The second kappa shape index (κ2) is 14.2. The van der Waals surface area contributed by atoms with Gasteiger partial charge in [-0.25, -0.2) is 9.36 Å². The largest absolute Gasteiger partial charge is 0.462 e. The molecule has 2 heterocycles. The summed E-state index contributed by atoms with van der Waals surface area (Å²) in [6.07, 6.45) is -3.69. The van der Waals surface area contributed by atoms with Gasteiger partial charge in [0.2, 0.25) is 0 Å². The molecule has 1 fully saturated rings. The van der Waals surface area contributed by atoms with E-state index in [2.05, 4.69) is 10.1 Å². The van der Waals surface area contributed by atoms with E-state index in [9.17, 15) is 23.7 Å². The van der Waals surface area contributed by atoms with E-state index < -0.39 is 78.9 Å². The van der Waals surface area contributed by atoms with Crippen molar-refractivity contribution < 1.29 is 37.4 Å². The fourth-order valence-corrected chi connectivity index (χ4v) is 5.78. The quantitative estimate of drug-likeness (QED) is 0.124. The van der Waals surface area contributed by atoms with Crippen LogP contribution in [0.3, 0.4) is 0 Å². The Bertz CT molecular complexity index is 1440. The maximum atomic E-state index is 14.0. The van der Waals surface area contributed by atoms with Gasteiger partial charge in [0.15, 0.2) is 6.23 Å². The zero-order chi connectivity index (χ0) is 32.1. The molecule has 0 saturated carbocycles. The Morgan fingerprint density at radius 3 is 2.40 bits per heavy atom. The van der Waals surface area contributed by atoms with Gasteiger partial charge >= 0.3 is 25.4 Å². The Morgan fingerprint density at radius 2 is 1.81 bits per heavy atom. The summed E-state index contributed by atoms with van der Waals surface area (Å²) in [5, 5.41) is 2.53. The third-order valence-electron chi connectivity index (χ3n) is 6.23. The van der Waals surface area contributed by atoms with Crippen LogP contribution in [-0.2, 0) is 32.9 Å². The predicted octanol–water partition coefficient (Wildman–Crippen LogP) is 1.57. The first-order chi connectivity index (χ1) is 20.0. The van der Waals surface area contributed by atoms with Gasteiger partial charge in [0.25, 0.3) is 5.56 Å². The molecule has 1 aromatic carbocycles. The van der Waals surface area contributed by atoms with E-state index in [1.165, 1.54) is 19.1 Å². The second-order valence-electron chi connectivity index (χ2n) is 10.5. The predicted molar refractivity (Wildman–Crippen MR) is 157 cm³/mol. The summed E-state index contributed by atoms with van der Waals surface area (Å²) in [5.41, 5.74) is 4.37. The Morgan fingerprint density at radius 1 is 1.16 bits per heavy atom.